The third-order valence-corrected chi connectivity index (χ3v) is 5.38. The third-order valence-electron chi connectivity index (χ3n) is 5.38. The molecule has 0 spiro atoms. The minimum absolute atomic E-state index is 0.00532. The van der Waals surface area contributed by atoms with Gasteiger partial charge in [0.15, 0.2) is 0 Å². The Morgan fingerprint density at radius 1 is 1.18 bits per heavy atom. The van der Waals surface area contributed by atoms with Crippen LogP contribution in [0.4, 0.5) is 5.69 Å². The molecule has 1 aliphatic rings. The maximum Gasteiger partial charge on any atom is 0.227 e. The molecule has 0 radical (unpaired) electrons. The Bertz CT molecular complexity index is 636. The van der Waals surface area contributed by atoms with E-state index >= 15 is 0 Å². The van der Waals surface area contributed by atoms with E-state index < -0.39 is 0 Å². The van der Waals surface area contributed by atoms with E-state index in [0.29, 0.717) is 44.0 Å². The van der Waals surface area contributed by atoms with Gasteiger partial charge in [0.2, 0.25) is 11.8 Å². The second-order valence-corrected chi connectivity index (χ2v) is 7.62. The largest absolute Gasteiger partial charge is 0.490 e. The van der Waals surface area contributed by atoms with Crippen LogP contribution in [0.15, 0.2) is 24.3 Å². The molecule has 1 aliphatic heterocycles. The molecule has 6 nitrogen and oxygen atoms in total. The number of amides is 2. The number of carbonyl (C=O) groups is 2. The monoisotopic (exact) mass is 389 g/mol. The molecule has 1 N–H and O–H groups in total. The lowest BCUT2D eigenvalue weighted by Gasteiger charge is -2.32. The first-order valence-corrected chi connectivity index (χ1v) is 10.5. The molecule has 0 aromatic heterocycles. The zero-order valence-electron chi connectivity index (χ0n) is 17.7. The third kappa shape index (κ3) is 6.23. The standard InChI is InChI=1S/C22H35N3O3/c1-5-24(6-2)15-16-28-20-10-8-7-9-19(20)23-21(26)18-11-13-25(14-12-18)22(27)17(3)4/h7-10,17-18H,5-6,11-16H2,1-4H3,(H,23,26). The Labute approximate surface area is 169 Å². The van der Waals surface area contributed by atoms with Crippen molar-refractivity contribution in [1.82, 2.24) is 9.80 Å². The molecule has 1 aromatic rings. The van der Waals surface area contributed by atoms with Crippen molar-refractivity contribution in [3.05, 3.63) is 24.3 Å². The highest BCUT2D eigenvalue weighted by atomic mass is 16.5. The Morgan fingerprint density at radius 2 is 1.82 bits per heavy atom. The van der Waals surface area contributed by atoms with Crippen LogP contribution in [0.3, 0.4) is 0 Å². The number of likely N-dealkylation sites (N-methyl/N-ethyl adjacent to an activating group) is 1. The fourth-order valence-corrected chi connectivity index (χ4v) is 3.48. The number of hydrogen-bond acceptors (Lipinski definition) is 4. The molecule has 0 bridgehead atoms. The average molecular weight is 390 g/mol. The van der Waals surface area contributed by atoms with E-state index in [0.717, 1.165) is 19.6 Å². The van der Waals surface area contributed by atoms with E-state index in [-0.39, 0.29) is 23.7 Å². The molecule has 2 amide bonds. The van der Waals surface area contributed by atoms with E-state index in [1.807, 2.05) is 43.0 Å². The van der Waals surface area contributed by atoms with E-state index in [9.17, 15) is 9.59 Å². The van der Waals surface area contributed by atoms with Crippen LogP contribution in [-0.4, -0.2) is 60.9 Å². The summed E-state index contributed by atoms with van der Waals surface area (Å²) in [7, 11) is 0. The predicted molar refractivity (Wildman–Crippen MR) is 112 cm³/mol. The van der Waals surface area contributed by atoms with Crippen LogP contribution in [0, 0.1) is 11.8 Å². The summed E-state index contributed by atoms with van der Waals surface area (Å²) in [4.78, 5) is 29.0. The number of nitrogens with zero attached hydrogens (tertiary/aromatic N) is 2. The number of nitrogens with one attached hydrogen (secondary N) is 1. The zero-order chi connectivity index (χ0) is 20.5. The fourth-order valence-electron chi connectivity index (χ4n) is 3.48. The van der Waals surface area contributed by atoms with Crippen molar-refractivity contribution in [2.75, 3.05) is 44.6 Å². The summed E-state index contributed by atoms with van der Waals surface area (Å²) < 4.78 is 5.93. The number of likely N-dealkylation sites (tertiary alicyclic amines) is 1. The van der Waals surface area contributed by atoms with Crippen LogP contribution in [0.1, 0.15) is 40.5 Å². The summed E-state index contributed by atoms with van der Waals surface area (Å²) in [6.45, 7) is 12.8. The summed E-state index contributed by atoms with van der Waals surface area (Å²) in [5, 5.41) is 3.03. The quantitative estimate of drug-likeness (QED) is 0.704. The molecular formula is C22H35N3O3. The maximum absolute atomic E-state index is 12.7. The van der Waals surface area contributed by atoms with E-state index in [4.69, 9.17) is 4.74 Å². The Balaban J connectivity index is 1.88. The molecule has 1 fully saturated rings. The molecule has 1 aromatic carbocycles. The second kappa shape index (κ2) is 11.1. The normalized spacial score (nSPS) is 15.1. The first-order valence-electron chi connectivity index (χ1n) is 10.5. The SMILES string of the molecule is CCN(CC)CCOc1ccccc1NC(=O)C1CCN(C(=O)C(C)C)CC1. The first-order chi connectivity index (χ1) is 13.5. The van der Waals surface area contributed by atoms with Crippen molar-refractivity contribution >= 4 is 17.5 Å². The van der Waals surface area contributed by atoms with Gasteiger partial charge in [0.1, 0.15) is 12.4 Å². The predicted octanol–water partition coefficient (Wildman–Crippen LogP) is 3.24. The van der Waals surface area contributed by atoms with Gasteiger partial charge < -0.3 is 19.9 Å². The van der Waals surface area contributed by atoms with Gasteiger partial charge in [-0.3, -0.25) is 9.59 Å². The number of hydrogen-bond donors (Lipinski definition) is 1. The molecule has 0 aliphatic carbocycles. The number of piperidine rings is 1. The summed E-state index contributed by atoms with van der Waals surface area (Å²) in [5.41, 5.74) is 0.715. The Kier molecular flexibility index (Phi) is 8.77. The van der Waals surface area contributed by atoms with Crippen molar-refractivity contribution in [2.45, 2.75) is 40.5 Å². The molecule has 0 unspecified atom stereocenters. The average Bonchev–Trinajstić information content (AvgIpc) is 2.71. The molecule has 28 heavy (non-hydrogen) atoms. The zero-order valence-corrected chi connectivity index (χ0v) is 17.7. The van der Waals surface area contributed by atoms with Crippen LogP contribution in [-0.2, 0) is 9.59 Å². The summed E-state index contributed by atoms with van der Waals surface area (Å²) in [5.74, 6) is 0.823. The van der Waals surface area contributed by atoms with Crippen LogP contribution < -0.4 is 10.1 Å². The van der Waals surface area contributed by atoms with Crippen molar-refractivity contribution in [3.8, 4) is 5.75 Å². The highest BCUT2D eigenvalue weighted by Crippen LogP contribution is 2.26. The number of rotatable bonds is 9. The molecule has 2 rings (SSSR count). The van der Waals surface area contributed by atoms with Gasteiger partial charge >= 0.3 is 0 Å². The number of para-hydroxylation sites is 2. The highest BCUT2D eigenvalue weighted by Gasteiger charge is 2.28. The smallest absolute Gasteiger partial charge is 0.227 e. The molecule has 6 heteroatoms. The molecule has 0 saturated carbocycles. The van der Waals surface area contributed by atoms with Crippen molar-refractivity contribution < 1.29 is 14.3 Å². The Hall–Kier alpha value is -2.08. The van der Waals surface area contributed by atoms with Gasteiger partial charge in [-0.25, -0.2) is 0 Å². The van der Waals surface area contributed by atoms with Crippen molar-refractivity contribution in [2.24, 2.45) is 11.8 Å². The summed E-state index contributed by atoms with van der Waals surface area (Å²) >= 11 is 0. The summed E-state index contributed by atoms with van der Waals surface area (Å²) in [6, 6.07) is 7.58. The summed E-state index contributed by atoms with van der Waals surface area (Å²) in [6.07, 6.45) is 1.41. The number of benzene rings is 1. The molecule has 1 heterocycles. The van der Waals surface area contributed by atoms with Gasteiger partial charge in [0, 0.05) is 31.5 Å². The van der Waals surface area contributed by atoms with Gasteiger partial charge in [-0.05, 0) is 38.1 Å². The molecule has 1 saturated heterocycles. The van der Waals surface area contributed by atoms with Crippen molar-refractivity contribution in [3.63, 3.8) is 0 Å². The van der Waals surface area contributed by atoms with Crippen molar-refractivity contribution in [1.29, 1.82) is 0 Å². The minimum Gasteiger partial charge on any atom is -0.490 e. The van der Waals surface area contributed by atoms with Crippen LogP contribution in [0.25, 0.3) is 0 Å². The van der Waals surface area contributed by atoms with E-state index in [1.165, 1.54) is 0 Å². The van der Waals surface area contributed by atoms with Crippen LogP contribution >= 0.6 is 0 Å². The lowest BCUT2D eigenvalue weighted by atomic mass is 9.95. The lowest BCUT2D eigenvalue weighted by molar-refractivity contribution is -0.137. The second-order valence-electron chi connectivity index (χ2n) is 7.62. The number of carbonyl (C=O) groups excluding carboxylic acids is 2. The molecular weight excluding hydrogens is 354 g/mol. The maximum atomic E-state index is 12.7. The fraction of sp³-hybridized carbons (Fsp3) is 0.636. The van der Waals surface area contributed by atoms with Gasteiger partial charge in [0.05, 0.1) is 5.69 Å². The number of ether oxygens (including phenoxy) is 1. The Morgan fingerprint density at radius 3 is 2.43 bits per heavy atom. The molecule has 156 valence electrons. The lowest BCUT2D eigenvalue weighted by Crippen LogP contribution is -2.43. The van der Waals surface area contributed by atoms with Crippen LogP contribution in [0.5, 0.6) is 5.75 Å². The van der Waals surface area contributed by atoms with Gasteiger partial charge in [-0.1, -0.05) is 39.8 Å². The van der Waals surface area contributed by atoms with Crippen LogP contribution in [0.2, 0.25) is 0 Å². The van der Waals surface area contributed by atoms with Gasteiger partial charge in [-0.15, -0.1) is 0 Å². The van der Waals surface area contributed by atoms with Gasteiger partial charge in [-0.2, -0.15) is 0 Å². The van der Waals surface area contributed by atoms with E-state index in [1.54, 1.807) is 0 Å². The first kappa shape index (κ1) is 22.2. The van der Waals surface area contributed by atoms with E-state index in [2.05, 4.69) is 24.1 Å². The molecule has 0 atom stereocenters. The number of anilines is 1. The minimum atomic E-state index is -0.0695. The topological polar surface area (TPSA) is 61.9 Å². The highest BCUT2D eigenvalue weighted by molar-refractivity contribution is 5.94. The van der Waals surface area contributed by atoms with Gasteiger partial charge in [0.25, 0.3) is 0 Å².